The molecule has 1 aromatic carbocycles. The van der Waals surface area contributed by atoms with E-state index in [-0.39, 0.29) is 5.91 Å². The predicted octanol–water partition coefficient (Wildman–Crippen LogP) is 2.45. The van der Waals surface area contributed by atoms with E-state index in [1.54, 1.807) is 0 Å². The number of nitrogens with zero attached hydrogens (tertiary/aromatic N) is 1. The van der Waals surface area contributed by atoms with E-state index in [1.165, 1.54) is 0 Å². The van der Waals surface area contributed by atoms with Gasteiger partial charge in [-0.05, 0) is 36.0 Å². The van der Waals surface area contributed by atoms with Gasteiger partial charge in [-0.25, -0.2) is 0 Å². The van der Waals surface area contributed by atoms with Gasteiger partial charge in [0.2, 0.25) is 5.91 Å². The number of nitrogens with one attached hydrogen (secondary N) is 1. The average molecular weight is 337 g/mol. The van der Waals surface area contributed by atoms with Gasteiger partial charge < -0.3 is 10.2 Å². The molecule has 108 valence electrons. The number of fused-ring (bicyclic) bond motifs is 1. The molecule has 2 saturated heterocycles. The summed E-state index contributed by atoms with van der Waals surface area (Å²) in [5, 5.41) is 3.46. The third-order valence-corrected chi connectivity index (χ3v) is 5.19. The van der Waals surface area contributed by atoms with Crippen molar-refractivity contribution >= 4 is 21.8 Å². The fourth-order valence-corrected chi connectivity index (χ4v) is 4.20. The summed E-state index contributed by atoms with van der Waals surface area (Å²) in [7, 11) is 0. The molecule has 2 aliphatic heterocycles. The molecule has 0 bridgehead atoms. The molecule has 0 radical (unpaired) electrons. The van der Waals surface area contributed by atoms with Crippen molar-refractivity contribution in [2.45, 2.75) is 25.8 Å². The number of hydrogen-bond acceptors (Lipinski definition) is 2. The van der Waals surface area contributed by atoms with E-state index < -0.39 is 0 Å². The first-order valence-electron chi connectivity index (χ1n) is 7.43. The van der Waals surface area contributed by atoms with Gasteiger partial charge in [0.15, 0.2) is 0 Å². The first-order chi connectivity index (χ1) is 9.69. The molecule has 3 rings (SSSR count). The molecule has 1 aromatic rings. The summed E-state index contributed by atoms with van der Waals surface area (Å²) in [6.45, 7) is 5.28. The maximum absolute atomic E-state index is 12.6. The number of carbonyl (C=O) groups is 1. The van der Waals surface area contributed by atoms with Gasteiger partial charge in [0, 0.05) is 30.1 Å². The van der Waals surface area contributed by atoms with Crippen molar-refractivity contribution in [2.75, 3.05) is 19.6 Å². The van der Waals surface area contributed by atoms with Crippen LogP contribution in [-0.2, 0) is 11.2 Å². The van der Waals surface area contributed by atoms with Crippen LogP contribution < -0.4 is 5.32 Å². The van der Waals surface area contributed by atoms with E-state index >= 15 is 0 Å². The molecule has 3 atom stereocenters. The third-order valence-electron chi connectivity index (χ3n) is 4.70. The number of likely N-dealkylation sites (tertiary alicyclic amines) is 1. The molecular formula is C16H21BrN2O. The number of hydrogen-bond donors (Lipinski definition) is 1. The molecule has 20 heavy (non-hydrogen) atoms. The summed E-state index contributed by atoms with van der Waals surface area (Å²) in [6.07, 6.45) is 1.58. The van der Waals surface area contributed by atoms with E-state index in [0.717, 1.165) is 36.1 Å². The molecule has 1 N–H and O–H groups in total. The van der Waals surface area contributed by atoms with Gasteiger partial charge in [0.25, 0.3) is 0 Å². The van der Waals surface area contributed by atoms with Crippen molar-refractivity contribution in [3.63, 3.8) is 0 Å². The molecule has 3 unspecified atom stereocenters. The van der Waals surface area contributed by atoms with Crippen LogP contribution in [0.5, 0.6) is 0 Å². The summed E-state index contributed by atoms with van der Waals surface area (Å²) in [6, 6.07) is 8.48. The van der Waals surface area contributed by atoms with Gasteiger partial charge >= 0.3 is 0 Å². The second-order valence-corrected chi connectivity index (χ2v) is 6.83. The van der Waals surface area contributed by atoms with Crippen LogP contribution in [0.15, 0.2) is 28.7 Å². The van der Waals surface area contributed by atoms with Gasteiger partial charge in [0.1, 0.15) is 0 Å². The lowest BCUT2D eigenvalue weighted by Crippen LogP contribution is -2.40. The fourth-order valence-electron chi connectivity index (χ4n) is 3.76. The lowest BCUT2D eigenvalue weighted by atomic mass is 9.93. The fraction of sp³-hybridized carbons (Fsp3) is 0.562. The van der Waals surface area contributed by atoms with Crippen LogP contribution in [0.4, 0.5) is 0 Å². The topological polar surface area (TPSA) is 32.3 Å². The average Bonchev–Trinajstić information content (AvgIpc) is 2.98. The number of carbonyl (C=O) groups excluding carboxylic acids is 1. The van der Waals surface area contributed by atoms with E-state index in [0.29, 0.717) is 24.3 Å². The molecule has 2 heterocycles. The monoisotopic (exact) mass is 336 g/mol. The maximum Gasteiger partial charge on any atom is 0.227 e. The number of amides is 1. The standard InChI is InChI=1S/C16H21BrN2O/c1-2-15-14-9-18-8-12(14)10-19(15)16(20)7-11-4-3-5-13(17)6-11/h3-6,12,14-15,18H,2,7-10H2,1H3. The van der Waals surface area contributed by atoms with Crippen LogP contribution in [0.25, 0.3) is 0 Å². The van der Waals surface area contributed by atoms with Crippen molar-refractivity contribution in [3.05, 3.63) is 34.3 Å². The van der Waals surface area contributed by atoms with Crippen LogP contribution >= 0.6 is 15.9 Å². The number of halogens is 1. The van der Waals surface area contributed by atoms with E-state index in [2.05, 4.69) is 33.1 Å². The molecular weight excluding hydrogens is 316 g/mol. The Bertz CT molecular complexity index is 505. The Morgan fingerprint density at radius 3 is 3.05 bits per heavy atom. The lowest BCUT2D eigenvalue weighted by molar-refractivity contribution is -0.131. The zero-order valence-electron chi connectivity index (χ0n) is 11.8. The molecule has 2 fully saturated rings. The summed E-state index contributed by atoms with van der Waals surface area (Å²) < 4.78 is 1.04. The Hall–Kier alpha value is -0.870. The van der Waals surface area contributed by atoms with Crippen LogP contribution in [0.3, 0.4) is 0 Å². The highest BCUT2D eigenvalue weighted by Crippen LogP contribution is 2.34. The molecule has 3 nitrogen and oxygen atoms in total. The van der Waals surface area contributed by atoms with Gasteiger partial charge in [-0.15, -0.1) is 0 Å². The van der Waals surface area contributed by atoms with Gasteiger partial charge in [0.05, 0.1) is 6.42 Å². The summed E-state index contributed by atoms with van der Waals surface area (Å²) in [5.74, 6) is 1.60. The second kappa shape index (κ2) is 5.86. The largest absolute Gasteiger partial charge is 0.339 e. The van der Waals surface area contributed by atoms with E-state index in [4.69, 9.17) is 0 Å². The van der Waals surface area contributed by atoms with Crippen LogP contribution in [-0.4, -0.2) is 36.5 Å². The highest BCUT2D eigenvalue weighted by Gasteiger charge is 2.44. The van der Waals surface area contributed by atoms with Crippen LogP contribution in [0.2, 0.25) is 0 Å². The Morgan fingerprint density at radius 2 is 2.30 bits per heavy atom. The van der Waals surface area contributed by atoms with E-state index in [9.17, 15) is 4.79 Å². The highest BCUT2D eigenvalue weighted by atomic mass is 79.9. The number of benzene rings is 1. The predicted molar refractivity (Wildman–Crippen MR) is 83.5 cm³/mol. The number of rotatable bonds is 3. The van der Waals surface area contributed by atoms with Crippen LogP contribution in [0, 0.1) is 11.8 Å². The first kappa shape index (κ1) is 14.1. The Labute approximate surface area is 128 Å². The first-order valence-corrected chi connectivity index (χ1v) is 8.23. The Balaban J connectivity index is 1.71. The smallest absolute Gasteiger partial charge is 0.227 e. The highest BCUT2D eigenvalue weighted by molar-refractivity contribution is 9.10. The quantitative estimate of drug-likeness (QED) is 0.919. The molecule has 0 spiro atoms. The second-order valence-electron chi connectivity index (χ2n) is 5.91. The molecule has 0 saturated carbocycles. The minimum absolute atomic E-state index is 0.282. The lowest BCUT2D eigenvalue weighted by Gasteiger charge is -2.27. The van der Waals surface area contributed by atoms with Crippen molar-refractivity contribution < 1.29 is 4.79 Å². The van der Waals surface area contributed by atoms with Crippen molar-refractivity contribution in [3.8, 4) is 0 Å². The molecule has 1 amide bonds. The van der Waals surface area contributed by atoms with Crippen molar-refractivity contribution in [1.29, 1.82) is 0 Å². The molecule has 2 aliphatic rings. The SMILES string of the molecule is CCC1C2CNCC2CN1C(=O)Cc1cccc(Br)c1. The Morgan fingerprint density at radius 1 is 1.45 bits per heavy atom. The normalized spacial score (nSPS) is 28.7. The minimum atomic E-state index is 0.282. The Kier molecular flexibility index (Phi) is 4.13. The summed E-state index contributed by atoms with van der Waals surface area (Å²) in [5.41, 5.74) is 1.09. The van der Waals surface area contributed by atoms with Gasteiger partial charge in [-0.1, -0.05) is 35.0 Å². The maximum atomic E-state index is 12.6. The minimum Gasteiger partial charge on any atom is -0.339 e. The summed E-state index contributed by atoms with van der Waals surface area (Å²) >= 11 is 3.47. The van der Waals surface area contributed by atoms with Crippen molar-refractivity contribution in [2.24, 2.45) is 11.8 Å². The zero-order chi connectivity index (χ0) is 14.1. The third kappa shape index (κ3) is 2.63. The molecule has 4 heteroatoms. The van der Waals surface area contributed by atoms with Gasteiger partial charge in [-0.2, -0.15) is 0 Å². The molecule has 0 aromatic heterocycles. The van der Waals surface area contributed by atoms with Gasteiger partial charge in [-0.3, -0.25) is 4.79 Å². The van der Waals surface area contributed by atoms with E-state index in [1.807, 2.05) is 24.3 Å². The molecule has 0 aliphatic carbocycles. The van der Waals surface area contributed by atoms with Crippen LogP contribution in [0.1, 0.15) is 18.9 Å². The van der Waals surface area contributed by atoms with Crippen molar-refractivity contribution in [1.82, 2.24) is 10.2 Å². The summed E-state index contributed by atoms with van der Waals surface area (Å²) in [4.78, 5) is 14.8. The zero-order valence-corrected chi connectivity index (χ0v) is 13.4.